The summed E-state index contributed by atoms with van der Waals surface area (Å²) in [5, 5.41) is 0.852. The molecule has 2 aromatic rings. The van der Waals surface area contributed by atoms with Gasteiger partial charge in [0.2, 0.25) is 0 Å². The molecule has 2 N–H and O–H groups in total. The van der Waals surface area contributed by atoms with Gasteiger partial charge in [0.1, 0.15) is 11.6 Å². The second-order valence-electron chi connectivity index (χ2n) is 3.89. The van der Waals surface area contributed by atoms with Crippen LogP contribution in [0.4, 0.5) is 0 Å². The molecule has 0 aliphatic heterocycles. The molecule has 1 heterocycles. The molecule has 0 saturated heterocycles. The molecule has 0 radical (unpaired) electrons. The normalized spacial score (nSPS) is 10.5. The van der Waals surface area contributed by atoms with E-state index in [2.05, 4.69) is 9.82 Å². The number of methoxy groups -OCH3 is 2. The van der Waals surface area contributed by atoms with E-state index in [9.17, 15) is 0 Å². The van der Waals surface area contributed by atoms with E-state index in [0.29, 0.717) is 18.1 Å². The van der Waals surface area contributed by atoms with Crippen molar-refractivity contribution in [2.45, 2.75) is 13.5 Å². The average molecular weight is 280 g/mol. The fraction of sp³-hybridized carbons (Fsp3) is 0.308. The summed E-state index contributed by atoms with van der Waals surface area (Å²) < 4.78 is 10.5. The Morgan fingerprint density at radius 2 is 1.95 bits per heavy atom. The van der Waals surface area contributed by atoms with Gasteiger partial charge in [0.25, 0.3) is 0 Å². The molecular formula is C13H16N2O3S. The van der Waals surface area contributed by atoms with Crippen molar-refractivity contribution in [3.63, 3.8) is 0 Å². The number of ether oxygens (including phenoxy) is 2. The summed E-state index contributed by atoms with van der Waals surface area (Å²) in [4.78, 5) is 10.2. The standard InChI is InChI=1S/C13H16N2O3S/c1-8-13(15-12(19-8)7-18-14)9-4-5-10(16-2)11(6-9)17-3/h4-6H,7,14H2,1-3H3. The van der Waals surface area contributed by atoms with Crippen LogP contribution in [0.5, 0.6) is 11.5 Å². The van der Waals surface area contributed by atoms with Crippen molar-refractivity contribution in [3.05, 3.63) is 28.1 Å². The molecule has 0 atom stereocenters. The first-order valence-corrected chi connectivity index (χ1v) is 6.51. The van der Waals surface area contributed by atoms with E-state index in [-0.39, 0.29) is 0 Å². The van der Waals surface area contributed by atoms with Gasteiger partial charge < -0.3 is 9.47 Å². The van der Waals surface area contributed by atoms with Gasteiger partial charge in [-0.25, -0.2) is 10.9 Å². The summed E-state index contributed by atoms with van der Waals surface area (Å²) in [5.41, 5.74) is 1.90. The van der Waals surface area contributed by atoms with Crippen molar-refractivity contribution in [2.24, 2.45) is 5.90 Å². The molecule has 0 aliphatic carbocycles. The lowest BCUT2D eigenvalue weighted by Crippen LogP contribution is -1.98. The Morgan fingerprint density at radius 3 is 2.58 bits per heavy atom. The van der Waals surface area contributed by atoms with Crippen molar-refractivity contribution in [3.8, 4) is 22.8 Å². The molecule has 0 fully saturated rings. The van der Waals surface area contributed by atoms with Crippen LogP contribution < -0.4 is 15.4 Å². The lowest BCUT2D eigenvalue weighted by molar-refractivity contribution is 0.124. The van der Waals surface area contributed by atoms with Crippen molar-refractivity contribution in [1.29, 1.82) is 0 Å². The smallest absolute Gasteiger partial charge is 0.161 e. The van der Waals surface area contributed by atoms with E-state index in [1.165, 1.54) is 0 Å². The Balaban J connectivity index is 2.41. The SMILES string of the molecule is COc1ccc(-c2nc(CON)sc2C)cc1OC. The number of nitrogens with two attached hydrogens (primary N) is 1. The highest BCUT2D eigenvalue weighted by Crippen LogP contribution is 2.34. The van der Waals surface area contributed by atoms with Crippen LogP contribution in [-0.4, -0.2) is 19.2 Å². The van der Waals surface area contributed by atoms with Crippen LogP contribution in [0.25, 0.3) is 11.3 Å². The van der Waals surface area contributed by atoms with Crippen LogP contribution >= 0.6 is 11.3 Å². The lowest BCUT2D eigenvalue weighted by atomic mass is 10.1. The van der Waals surface area contributed by atoms with Gasteiger partial charge in [-0.2, -0.15) is 0 Å². The first kappa shape index (κ1) is 13.8. The first-order valence-electron chi connectivity index (χ1n) is 5.70. The van der Waals surface area contributed by atoms with Gasteiger partial charge in [-0.1, -0.05) is 0 Å². The second-order valence-corrected chi connectivity index (χ2v) is 5.18. The van der Waals surface area contributed by atoms with Gasteiger partial charge in [-0.05, 0) is 25.1 Å². The minimum atomic E-state index is 0.318. The largest absolute Gasteiger partial charge is 0.493 e. The van der Waals surface area contributed by atoms with Gasteiger partial charge in [0, 0.05) is 10.4 Å². The Labute approximate surface area is 115 Å². The fourth-order valence-electron chi connectivity index (χ4n) is 1.84. The van der Waals surface area contributed by atoms with Crippen LogP contribution in [0.2, 0.25) is 0 Å². The van der Waals surface area contributed by atoms with Gasteiger partial charge >= 0.3 is 0 Å². The van der Waals surface area contributed by atoms with E-state index in [1.807, 2.05) is 25.1 Å². The van der Waals surface area contributed by atoms with Crippen molar-refractivity contribution >= 4 is 11.3 Å². The molecule has 1 aromatic carbocycles. The van der Waals surface area contributed by atoms with Crippen molar-refractivity contribution in [1.82, 2.24) is 4.98 Å². The third kappa shape index (κ3) is 2.86. The Morgan fingerprint density at radius 1 is 1.21 bits per heavy atom. The maximum Gasteiger partial charge on any atom is 0.161 e. The summed E-state index contributed by atoms with van der Waals surface area (Å²) in [5.74, 6) is 6.46. The summed E-state index contributed by atoms with van der Waals surface area (Å²) in [6.45, 7) is 2.34. The van der Waals surface area contributed by atoms with Gasteiger partial charge in [0.05, 0.1) is 19.9 Å². The quantitative estimate of drug-likeness (QED) is 0.852. The minimum Gasteiger partial charge on any atom is -0.493 e. The van der Waals surface area contributed by atoms with Crippen LogP contribution in [-0.2, 0) is 11.4 Å². The van der Waals surface area contributed by atoms with Crippen molar-refractivity contribution in [2.75, 3.05) is 14.2 Å². The number of hydrogen-bond acceptors (Lipinski definition) is 6. The molecule has 0 spiro atoms. The molecule has 0 aliphatic rings. The van der Waals surface area contributed by atoms with E-state index in [0.717, 1.165) is 21.1 Å². The highest BCUT2D eigenvalue weighted by Gasteiger charge is 2.12. The molecule has 102 valence electrons. The molecule has 0 unspecified atom stereocenters. The predicted octanol–water partition coefficient (Wildman–Crippen LogP) is 2.53. The molecule has 0 saturated carbocycles. The number of benzene rings is 1. The van der Waals surface area contributed by atoms with E-state index in [4.69, 9.17) is 15.4 Å². The number of rotatable bonds is 5. The third-order valence-corrected chi connectivity index (χ3v) is 3.65. The third-order valence-electron chi connectivity index (χ3n) is 2.70. The summed E-state index contributed by atoms with van der Waals surface area (Å²) in [6, 6.07) is 5.73. The summed E-state index contributed by atoms with van der Waals surface area (Å²) in [6.07, 6.45) is 0. The molecule has 1 aromatic heterocycles. The Hall–Kier alpha value is -1.63. The first-order chi connectivity index (χ1) is 9.19. The van der Waals surface area contributed by atoms with Crippen LogP contribution in [0.1, 0.15) is 9.88 Å². The van der Waals surface area contributed by atoms with Crippen LogP contribution in [0, 0.1) is 6.92 Å². The van der Waals surface area contributed by atoms with Gasteiger partial charge in [-0.3, -0.25) is 4.84 Å². The summed E-state index contributed by atoms with van der Waals surface area (Å²) in [7, 11) is 3.23. The maximum atomic E-state index is 5.30. The second kappa shape index (κ2) is 6.01. The molecule has 0 amide bonds. The Bertz CT molecular complexity index is 569. The van der Waals surface area contributed by atoms with E-state index in [1.54, 1.807) is 25.6 Å². The topological polar surface area (TPSA) is 66.6 Å². The molecule has 19 heavy (non-hydrogen) atoms. The zero-order valence-corrected chi connectivity index (χ0v) is 11.9. The Kier molecular flexibility index (Phi) is 4.36. The van der Waals surface area contributed by atoms with Crippen LogP contribution in [0.3, 0.4) is 0 Å². The zero-order valence-electron chi connectivity index (χ0n) is 11.1. The molecule has 0 bridgehead atoms. The van der Waals surface area contributed by atoms with Crippen molar-refractivity contribution < 1.29 is 14.3 Å². The van der Waals surface area contributed by atoms with Crippen LogP contribution in [0.15, 0.2) is 18.2 Å². The number of nitrogens with zero attached hydrogens (tertiary/aromatic N) is 1. The highest BCUT2D eigenvalue weighted by molar-refractivity contribution is 7.12. The molecular weight excluding hydrogens is 264 g/mol. The number of thiazole rings is 1. The monoisotopic (exact) mass is 280 g/mol. The predicted molar refractivity (Wildman–Crippen MR) is 74.4 cm³/mol. The number of aromatic nitrogens is 1. The molecule has 5 nitrogen and oxygen atoms in total. The summed E-state index contributed by atoms with van der Waals surface area (Å²) >= 11 is 1.57. The zero-order chi connectivity index (χ0) is 13.8. The minimum absolute atomic E-state index is 0.318. The number of hydrogen-bond donors (Lipinski definition) is 1. The lowest BCUT2D eigenvalue weighted by Gasteiger charge is -2.08. The van der Waals surface area contributed by atoms with Gasteiger partial charge in [-0.15, -0.1) is 11.3 Å². The van der Waals surface area contributed by atoms with E-state index < -0.39 is 0 Å². The van der Waals surface area contributed by atoms with Gasteiger partial charge in [0.15, 0.2) is 11.5 Å². The fourth-order valence-corrected chi connectivity index (χ4v) is 2.71. The average Bonchev–Trinajstić information content (AvgIpc) is 2.79. The number of aryl methyl sites for hydroxylation is 1. The molecule has 6 heteroatoms. The van der Waals surface area contributed by atoms with E-state index >= 15 is 0 Å². The molecule has 2 rings (SSSR count). The maximum absolute atomic E-state index is 5.30. The highest BCUT2D eigenvalue weighted by atomic mass is 32.1.